The molecule has 6 heteroatoms. The number of thiophene rings is 3. The van der Waals surface area contributed by atoms with E-state index < -0.39 is 0 Å². The summed E-state index contributed by atoms with van der Waals surface area (Å²) in [5.41, 5.74) is 16.4. The Labute approximate surface area is 393 Å². The van der Waals surface area contributed by atoms with Gasteiger partial charge in [0.05, 0.1) is 26.5 Å². The minimum absolute atomic E-state index is 0.0234. The topological polar surface area (TPSA) is 6.48 Å². The number of anilines is 6. The Bertz CT molecular complexity index is 4150. The highest BCUT2D eigenvalue weighted by Gasteiger charge is 2.46. The Hall–Kier alpha value is -7.48. The number of fused-ring (bicyclic) bond motifs is 16. The fourth-order valence-electron chi connectivity index (χ4n) is 11.3. The molecule has 0 atom stereocenters. The van der Waals surface area contributed by atoms with Gasteiger partial charge in [0.2, 0.25) is 6.71 Å². The summed E-state index contributed by atoms with van der Waals surface area (Å²) in [6.07, 6.45) is 0. The molecule has 0 saturated heterocycles. The SMILES string of the molecule is c1ccc(-c2cccc(N(c3ccccc3)c3ccc4c5c3-c3c(ccc6c3sc3ccccc36)B5c3ccc5c(sc6ccccc65)c3N4c3cccc4c3sc3ccccc34)c2)cc1. The second kappa shape index (κ2) is 14.0. The summed E-state index contributed by atoms with van der Waals surface area (Å²) in [6, 6.07) is 79.3. The van der Waals surface area contributed by atoms with Gasteiger partial charge in [0.1, 0.15) is 0 Å². The van der Waals surface area contributed by atoms with Crippen LogP contribution in [-0.4, -0.2) is 6.71 Å². The molecule has 0 bridgehead atoms. The Balaban J connectivity index is 1.10. The Kier molecular flexibility index (Phi) is 7.82. The highest BCUT2D eigenvalue weighted by molar-refractivity contribution is 7.28. The van der Waals surface area contributed by atoms with Gasteiger partial charge in [-0.15, -0.1) is 34.0 Å². The van der Waals surface area contributed by atoms with E-state index in [4.69, 9.17) is 0 Å². The minimum atomic E-state index is 0.0234. The van der Waals surface area contributed by atoms with E-state index in [1.807, 2.05) is 34.0 Å². The van der Waals surface area contributed by atoms with Crippen LogP contribution in [0.1, 0.15) is 0 Å². The molecule has 66 heavy (non-hydrogen) atoms. The minimum Gasteiger partial charge on any atom is -0.310 e. The van der Waals surface area contributed by atoms with E-state index in [9.17, 15) is 0 Å². The van der Waals surface area contributed by atoms with Crippen LogP contribution in [0.4, 0.5) is 34.1 Å². The van der Waals surface area contributed by atoms with Crippen LogP contribution in [0.2, 0.25) is 0 Å². The van der Waals surface area contributed by atoms with Gasteiger partial charge in [-0.05, 0) is 88.3 Å². The van der Waals surface area contributed by atoms with Gasteiger partial charge in [0.15, 0.2) is 0 Å². The first kappa shape index (κ1) is 36.8. The summed E-state index contributed by atoms with van der Waals surface area (Å²) in [5, 5.41) is 7.88. The van der Waals surface area contributed by atoms with E-state index in [-0.39, 0.29) is 6.71 Å². The molecule has 0 unspecified atom stereocenters. The molecule has 5 heterocycles. The summed E-state index contributed by atoms with van der Waals surface area (Å²) in [7, 11) is 0. The van der Waals surface area contributed by atoms with Crippen molar-refractivity contribution in [3.8, 4) is 22.3 Å². The van der Waals surface area contributed by atoms with Crippen LogP contribution in [0.5, 0.6) is 0 Å². The zero-order valence-electron chi connectivity index (χ0n) is 35.4. The van der Waals surface area contributed by atoms with E-state index >= 15 is 0 Å². The summed E-state index contributed by atoms with van der Waals surface area (Å²) >= 11 is 5.79. The molecule has 0 aliphatic carbocycles. The van der Waals surface area contributed by atoms with Crippen molar-refractivity contribution < 1.29 is 0 Å². The molecule has 13 aromatic rings. The van der Waals surface area contributed by atoms with E-state index in [0.29, 0.717) is 0 Å². The lowest BCUT2D eigenvalue weighted by molar-refractivity contribution is 1.28. The van der Waals surface area contributed by atoms with Crippen LogP contribution in [0.15, 0.2) is 212 Å². The van der Waals surface area contributed by atoms with Crippen LogP contribution in [0, 0.1) is 0 Å². The third-order valence-corrected chi connectivity index (χ3v) is 17.7. The Morgan fingerprint density at radius 1 is 0.364 bits per heavy atom. The summed E-state index contributed by atoms with van der Waals surface area (Å²) in [6.45, 7) is 0.0234. The first-order chi connectivity index (χ1) is 32.8. The number of hydrogen-bond donors (Lipinski definition) is 0. The molecule has 2 aliphatic rings. The average Bonchev–Trinajstić information content (AvgIpc) is 4.15. The van der Waals surface area contributed by atoms with Gasteiger partial charge >= 0.3 is 0 Å². The normalized spacial score (nSPS) is 12.8. The molecular weight excluding hydrogens is 856 g/mol. The van der Waals surface area contributed by atoms with Gasteiger partial charge in [0, 0.05) is 73.7 Å². The Morgan fingerprint density at radius 2 is 0.909 bits per heavy atom. The number of rotatable bonds is 5. The predicted molar refractivity (Wildman–Crippen MR) is 290 cm³/mol. The molecule has 2 nitrogen and oxygen atoms in total. The van der Waals surface area contributed by atoms with E-state index in [1.165, 1.54) is 122 Å². The molecule has 306 valence electrons. The Morgan fingerprint density at radius 3 is 1.64 bits per heavy atom. The quantitative estimate of drug-likeness (QED) is 0.159. The summed E-state index contributed by atoms with van der Waals surface area (Å²) in [5.74, 6) is 0. The molecule has 0 radical (unpaired) electrons. The lowest BCUT2D eigenvalue weighted by atomic mass is 9.37. The number of hydrogen-bond acceptors (Lipinski definition) is 5. The zero-order chi connectivity index (χ0) is 43.0. The first-order valence-corrected chi connectivity index (χ1v) is 25.0. The molecule has 0 spiro atoms. The van der Waals surface area contributed by atoms with E-state index in [0.717, 1.165) is 11.4 Å². The van der Waals surface area contributed by atoms with Crippen molar-refractivity contribution in [2.75, 3.05) is 9.80 Å². The van der Waals surface area contributed by atoms with Gasteiger partial charge in [-0.3, -0.25) is 0 Å². The second-order valence-corrected chi connectivity index (χ2v) is 20.6. The van der Waals surface area contributed by atoms with E-state index in [2.05, 4.69) is 222 Å². The maximum atomic E-state index is 2.67. The molecule has 3 aromatic heterocycles. The predicted octanol–water partition coefficient (Wildman–Crippen LogP) is 16.2. The average molecular weight is 891 g/mol. The van der Waals surface area contributed by atoms with Gasteiger partial charge in [-0.2, -0.15) is 0 Å². The summed E-state index contributed by atoms with van der Waals surface area (Å²) < 4.78 is 7.95. The van der Waals surface area contributed by atoms with Crippen molar-refractivity contribution in [2.45, 2.75) is 0 Å². The highest BCUT2D eigenvalue weighted by atomic mass is 32.1. The molecule has 2 aliphatic heterocycles. The number of para-hydroxylation sites is 1. The van der Waals surface area contributed by atoms with E-state index in [1.54, 1.807) is 0 Å². The lowest BCUT2D eigenvalue weighted by Gasteiger charge is -2.37. The van der Waals surface area contributed by atoms with Crippen molar-refractivity contribution in [1.82, 2.24) is 0 Å². The monoisotopic (exact) mass is 890 g/mol. The number of nitrogens with zero attached hydrogens (tertiary/aromatic N) is 2. The van der Waals surface area contributed by atoms with Crippen molar-refractivity contribution >= 4 is 152 Å². The molecule has 0 saturated carbocycles. The highest BCUT2D eigenvalue weighted by Crippen LogP contribution is 2.54. The molecule has 0 amide bonds. The molecule has 10 aromatic carbocycles. The van der Waals surface area contributed by atoms with Gasteiger partial charge in [0.25, 0.3) is 0 Å². The summed E-state index contributed by atoms with van der Waals surface area (Å²) in [4.78, 5) is 5.18. The maximum Gasteiger partial charge on any atom is 0.248 e. The third kappa shape index (κ3) is 5.12. The van der Waals surface area contributed by atoms with Crippen molar-refractivity contribution in [2.24, 2.45) is 0 Å². The zero-order valence-corrected chi connectivity index (χ0v) is 37.9. The van der Waals surface area contributed by atoms with Gasteiger partial charge < -0.3 is 9.80 Å². The molecule has 0 N–H and O–H groups in total. The van der Waals surface area contributed by atoms with Crippen molar-refractivity contribution in [3.05, 3.63) is 212 Å². The largest absolute Gasteiger partial charge is 0.310 e. The van der Waals surface area contributed by atoms with Crippen molar-refractivity contribution in [3.63, 3.8) is 0 Å². The maximum absolute atomic E-state index is 2.67. The van der Waals surface area contributed by atoms with Crippen LogP contribution in [-0.2, 0) is 0 Å². The van der Waals surface area contributed by atoms with Crippen LogP contribution in [0.25, 0.3) is 82.8 Å². The first-order valence-electron chi connectivity index (χ1n) is 22.5. The molecule has 0 fully saturated rings. The fraction of sp³-hybridized carbons (Fsp3) is 0. The van der Waals surface area contributed by atoms with Crippen LogP contribution >= 0.6 is 34.0 Å². The second-order valence-electron chi connectivity index (χ2n) is 17.5. The van der Waals surface area contributed by atoms with Gasteiger partial charge in [-0.1, -0.05) is 157 Å². The standard InChI is InChI=1S/C60H35BN2S3/c1-3-15-36(16-4-1)37-17-13-20-39(35-37)62(38-18-5-2-6-19-38)48-33-34-49-56-55(48)54-46(31-29-44-41-22-8-11-27-52(41)65-59(44)54)61(56)47-32-30-45-42-23-9-12-28-53(42)66-60(45)57(47)63(49)50-25-14-24-43-40-21-7-10-26-51(40)64-58(43)50/h1-35H. The number of benzene rings is 10. The molecule has 15 rings (SSSR count). The smallest absolute Gasteiger partial charge is 0.248 e. The lowest BCUT2D eigenvalue weighted by Crippen LogP contribution is -2.54. The van der Waals surface area contributed by atoms with Crippen LogP contribution < -0.4 is 26.2 Å². The van der Waals surface area contributed by atoms with Crippen LogP contribution in [0.3, 0.4) is 0 Å². The molecular formula is C60H35BN2S3. The van der Waals surface area contributed by atoms with Crippen molar-refractivity contribution in [1.29, 1.82) is 0 Å². The fourth-order valence-corrected chi connectivity index (χ4v) is 15.0. The third-order valence-electron chi connectivity index (χ3n) is 14.0. The van der Waals surface area contributed by atoms with Gasteiger partial charge in [-0.25, -0.2) is 0 Å².